The fourth-order valence-corrected chi connectivity index (χ4v) is 5.95. The summed E-state index contributed by atoms with van der Waals surface area (Å²) in [5.41, 5.74) is 2.51. The molecule has 0 saturated carbocycles. The second-order valence-electron chi connectivity index (χ2n) is 10.0. The van der Waals surface area contributed by atoms with E-state index in [2.05, 4.69) is 21.0 Å². The largest absolute Gasteiger partial charge is 0.489 e. The average molecular weight is 563 g/mol. The van der Waals surface area contributed by atoms with Gasteiger partial charge in [0.2, 0.25) is 5.91 Å². The summed E-state index contributed by atoms with van der Waals surface area (Å²) in [5, 5.41) is 4.66. The lowest BCUT2D eigenvalue weighted by Crippen LogP contribution is -2.48. The molecule has 1 aliphatic carbocycles. The van der Waals surface area contributed by atoms with E-state index in [1.807, 2.05) is 23.6 Å². The van der Waals surface area contributed by atoms with Crippen molar-refractivity contribution in [3.63, 3.8) is 0 Å². The number of morpholine rings is 1. The van der Waals surface area contributed by atoms with E-state index in [1.54, 1.807) is 10.7 Å². The lowest BCUT2D eigenvalue weighted by Gasteiger charge is -2.35. The van der Waals surface area contributed by atoms with Gasteiger partial charge in [-0.05, 0) is 67.2 Å². The predicted octanol–water partition coefficient (Wildman–Crippen LogP) is 3.59. The van der Waals surface area contributed by atoms with Gasteiger partial charge in [0, 0.05) is 50.3 Å². The van der Waals surface area contributed by atoms with E-state index in [-0.39, 0.29) is 42.5 Å². The van der Waals surface area contributed by atoms with Crippen molar-refractivity contribution < 1.29 is 23.5 Å². The SMILES string of the molecule is C[C@@H]1CN(C(=O)c2nn(CC(=O)N3CCC(Oc4ccc(F)cc4Br)CC3)c3c2CCC3)C[C@H](C)O1. The highest BCUT2D eigenvalue weighted by Gasteiger charge is 2.33. The first-order chi connectivity index (χ1) is 17.3. The van der Waals surface area contributed by atoms with Crippen LogP contribution < -0.4 is 4.74 Å². The van der Waals surface area contributed by atoms with Gasteiger partial charge in [-0.1, -0.05) is 0 Å². The minimum atomic E-state index is -0.321. The lowest BCUT2D eigenvalue weighted by atomic mass is 10.1. The molecule has 10 heteroatoms. The molecule has 8 nitrogen and oxygen atoms in total. The Balaban J connectivity index is 1.21. The fourth-order valence-electron chi connectivity index (χ4n) is 5.51. The molecule has 2 aromatic rings. The van der Waals surface area contributed by atoms with Crippen LogP contribution in [-0.2, 0) is 28.9 Å². The van der Waals surface area contributed by atoms with E-state index in [4.69, 9.17) is 9.47 Å². The number of piperidine rings is 1. The molecule has 1 aromatic carbocycles. The first kappa shape index (κ1) is 25.2. The normalized spacial score (nSPS) is 22.6. The third-order valence-corrected chi connectivity index (χ3v) is 7.80. The number of likely N-dealkylation sites (tertiary alicyclic amines) is 1. The van der Waals surface area contributed by atoms with Crippen LogP contribution in [0.1, 0.15) is 54.9 Å². The minimum Gasteiger partial charge on any atom is -0.489 e. The minimum absolute atomic E-state index is 0.00114. The van der Waals surface area contributed by atoms with Gasteiger partial charge in [0.1, 0.15) is 24.2 Å². The molecule has 2 amide bonds. The highest BCUT2D eigenvalue weighted by Crippen LogP contribution is 2.29. The van der Waals surface area contributed by atoms with Crippen LogP contribution in [-0.4, -0.2) is 75.9 Å². The Morgan fingerprint density at radius 1 is 1.14 bits per heavy atom. The van der Waals surface area contributed by atoms with Gasteiger partial charge in [-0.3, -0.25) is 14.3 Å². The number of hydrogen-bond acceptors (Lipinski definition) is 5. The van der Waals surface area contributed by atoms with Crippen molar-refractivity contribution in [2.45, 2.75) is 70.8 Å². The number of ether oxygens (including phenoxy) is 2. The molecule has 2 atom stereocenters. The molecule has 1 aromatic heterocycles. The van der Waals surface area contributed by atoms with Crippen LogP contribution in [0.2, 0.25) is 0 Å². The molecule has 2 fully saturated rings. The van der Waals surface area contributed by atoms with Crippen LogP contribution in [0, 0.1) is 5.82 Å². The molecule has 2 saturated heterocycles. The van der Waals surface area contributed by atoms with E-state index in [1.165, 1.54) is 12.1 Å². The van der Waals surface area contributed by atoms with Crippen molar-refractivity contribution in [2.75, 3.05) is 26.2 Å². The topological polar surface area (TPSA) is 76.9 Å². The predicted molar refractivity (Wildman–Crippen MR) is 134 cm³/mol. The molecule has 0 unspecified atom stereocenters. The standard InChI is InChI=1S/C26H32BrFN4O4/c1-16-13-31(14-17(2)35-16)26(34)25-20-4-3-5-22(20)32(29-25)15-24(33)30-10-8-19(9-11-30)36-23-7-6-18(28)12-21(23)27/h6-7,12,16-17,19H,3-5,8-11,13-15H2,1-2H3/t16-,17+. The second kappa shape index (κ2) is 10.5. The van der Waals surface area contributed by atoms with Gasteiger partial charge >= 0.3 is 0 Å². The molecule has 36 heavy (non-hydrogen) atoms. The number of amides is 2. The maximum Gasteiger partial charge on any atom is 0.274 e. The van der Waals surface area contributed by atoms with Crippen LogP contribution >= 0.6 is 15.9 Å². The zero-order valence-corrected chi connectivity index (χ0v) is 22.3. The van der Waals surface area contributed by atoms with Crippen LogP contribution in [0.25, 0.3) is 0 Å². The molecule has 194 valence electrons. The van der Waals surface area contributed by atoms with Gasteiger partial charge in [0.15, 0.2) is 5.69 Å². The Morgan fingerprint density at radius 2 is 1.86 bits per heavy atom. The summed E-state index contributed by atoms with van der Waals surface area (Å²) >= 11 is 3.34. The van der Waals surface area contributed by atoms with Crippen LogP contribution in [0.15, 0.2) is 22.7 Å². The highest BCUT2D eigenvalue weighted by molar-refractivity contribution is 9.10. The van der Waals surface area contributed by atoms with E-state index in [0.717, 1.165) is 30.5 Å². The van der Waals surface area contributed by atoms with Gasteiger partial charge in [0.05, 0.1) is 16.7 Å². The molecule has 2 aliphatic heterocycles. The lowest BCUT2D eigenvalue weighted by molar-refractivity contribution is -0.133. The van der Waals surface area contributed by atoms with Gasteiger partial charge in [-0.25, -0.2) is 4.39 Å². The summed E-state index contributed by atoms with van der Waals surface area (Å²) in [6, 6.07) is 4.38. The van der Waals surface area contributed by atoms with Crippen molar-refractivity contribution in [3.8, 4) is 5.75 Å². The average Bonchev–Trinajstić information content (AvgIpc) is 3.44. The summed E-state index contributed by atoms with van der Waals surface area (Å²) in [6.45, 7) is 6.36. The Morgan fingerprint density at radius 3 is 2.56 bits per heavy atom. The Kier molecular flexibility index (Phi) is 7.35. The van der Waals surface area contributed by atoms with Crippen LogP contribution in [0.3, 0.4) is 0 Å². The van der Waals surface area contributed by atoms with Gasteiger partial charge < -0.3 is 19.3 Å². The number of rotatable bonds is 5. The fraction of sp³-hybridized carbons (Fsp3) is 0.577. The maximum absolute atomic E-state index is 13.3. The Bertz CT molecular complexity index is 1140. The van der Waals surface area contributed by atoms with Crippen molar-refractivity contribution in [1.29, 1.82) is 0 Å². The molecular weight excluding hydrogens is 531 g/mol. The molecule has 0 bridgehead atoms. The summed E-state index contributed by atoms with van der Waals surface area (Å²) < 4.78 is 27.5. The van der Waals surface area contributed by atoms with Crippen molar-refractivity contribution in [1.82, 2.24) is 19.6 Å². The number of carbonyl (C=O) groups is 2. The molecule has 0 spiro atoms. The van der Waals surface area contributed by atoms with Crippen LogP contribution in [0.5, 0.6) is 5.75 Å². The molecule has 5 rings (SSSR count). The van der Waals surface area contributed by atoms with E-state index in [9.17, 15) is 14.0 Å². The van der Waals surface area contributed by atoms with Gasteiger partial charge in [0.25, 0.3) is 5.91 Å². The van der Waals surface area contributed by atoms with Crippen molar-refractivity contribution in [2.24, 2.45) is 0 Å². The molecule has 3 aliphatic rings. The number of benzene rings is 1. The number of carbonyl (C=O) groups excluding carboxylic acids is 2. The summed E-state index contributed by atoms with van der Waals surface area (Å²) in [5.74, 6) is 0.223. The van der Waals surface area contributed by atoms with Crippen molar-refractivity contribution >= 4 is 27.7 Å². The molecule has 0 N–H and O–H groups in total. The number of fused-ring (bicyclic) bond motifs is 1. The molecule has 3 heterocycles. The van der Waals surface area contributed by atoms with Gasteiger partial charge in [-0.2, -0.15) is 5.10 Å². The van der Waals surface area contributed by atoms with E-state index >= 15 is 0 Å². The van der Waals surface area contributed by atoms with Crippen LogP contribution in [0.4, 0.5) is 4.39 Å². The monoisotopic (exact) mass is 562 g/mol. The van der Waals surface area contributed by atoms with Gasteiger partial charge in [-0.15, -0.1) is 0 Å². The quantitative estimate of drug-likeness (QED) is 0.556. The molecular formula is C26H32BrFN4O4. The second-order valence-corrected chi connectivity index (χ2v) is 10.9. The maximum atomic E-state index is 13.3. The Hall–Kier alpha value is -2.46. The smallest absolute Gasteiger partial charge is 0.274 e. The third kappa shape index (κ3) is 5.29. The number of halogens is 2. The Labute approximate surface area is 218 Å². The molecule has 0 radical (unpaired) electrons. The summed E-state index contributed by atoms with van der Waals surface area (Å²) in [7, 11) is 0. The van der Waals surface area contributed by atoms with E-state index < -0.39 is 0 Å². The summed E-state index contributed by atoms with van der Waals surface area (Å²) in [4.78, 5) is 30.2. The van der Waals surface area contributed by atoms with Crippen molar-refractivity contribution in [3.05, 3.63) is 45.4 Å². The third-order valence-electron chi connectivity index (χ3n) is 7.18. The first-order valence-corrected chi connectivity index (χ1v) is 13.5. The zero-order valence-electron chi connectivity index (χ0n) is 20.7. The number of hydrogen-bond donors (Lipinski definition) is 0. The number of nitrogens with zero attached hydrogens (tertiary/aromatic N) is 4. The first-order valence-electron chi connectivity index (χ1n) is 12.7. The summed E-state index contributed by atoms with van der Waals surface area (Å²) in [6.07, 6.45) is 3.97. The highest BCUT2D eigenvalue weighted by atomic mass is 79.9. The van der Waals surface area contributed by atoms with E-state index in [0.29, 0.717) is 54.9 Å². The zero-order chi connectivity index (χ0) is 25.4. The number of aromatic nitrogens is 2.